The predicted molar refractivity (Wildman–Crippen MR) is 71.1 cm³/mol. The van der Waals surface area contributed by atoms with Gasteiger partial charge in [-0.1, -0.05) is 0 Å². The van der Waals surface area contributed by atoms with Crippen molar-refractivity contribution < 1.29 is 40.4 Å². The molecule has 23 heavy (non-hydrogen) atoms. The van der Waals surface area contributed by atoms with Crippen LogP contribution in [0, 0.1) is 0 Å². The molecule has 0 aromatic heterocycles. The highest BCUT2D eigenvalue weighted by Gasteiger charge is 2.48. The molecule has 0 aliphatic carbocycles. The molecule has 8 nitrogen and oxygen atoms in total. The molecule has 0 radical (unpaired) electrons. The van der Waals surface area contributed by atoms with Crippen molar-refractivity contribution in [1.82, 2.24) is 10.6 Å². The molecule has 2 aliphatic rings. The second-order valence-corrected chi connectivity index (χ2v) is 5.86. The van der Waals surface area contributed by atoms with Crippen LogP contribution in [-0.4, -0.2) is 57.3 Å². The number of dihydropyridines is 1. The highest BCUT2D eigenvalue weighted by Crippen LogP contribution is 2.26. The summed E-state index contributed by atoms with van der Waals surface area (Å²) in [6, 6.07) is 0. The Hall–Kier alpha value is -1.79. The molecule has 0 aromatic carbocycles. The largest absolute Gasteiger partial charge is 0.534 e. The summed E-state index contributed by atoms with van der Waals surface area (Å²) >= 11 is 0. The molecule has 3 N–H and O–H groups in total. The van der Waals surface area contributed by atoms with E-state index >= 15 is 0 Å². The van der Waals surface area contributed by atoms with E-state index in [1.165, 1.54) is 19.4 Å². The number of methoxy groups -OCH3 is 1. The van der Waals surface area contributed by atoms with Crippen LogP contribution in [0.3, 0.4) is 0 Å². The Bertz CT molecular complexity index is 587. The number of hydrogen-bond acceptors (Lipinski definition) is 7. The highest BCUT2D eigenvalue weighted by atomic mass is 32.2. The third-order valence-corrected chi connectivity index (χ3v) is 3.62. The van der Waals surface area contributed by atoms with Gasteiger partial charge in [0.15, 0.2) is 6.10 Å². The van der Waals surface area contributed by atoms with Gasteiger partial charge in [-0.3, -0.25) is 4.79 Å². The van der Waals surface area contributed by atoms with Gasteiger partial charge in [-0.25, -0.2) is 0 Å². The summed E-state index contributed by atoms with van der Waals surface area (Å²) in [5.41, 5.74) is -5.39. The number of nitrogens with one attached hydrogen (secondary N) is 2. The second kappa shape index (κ2) is 7.66. The van der Waals surface area contributed by atoms with Crippen molar-refractivity contribution in [3.8, 4) is 0 Å². The molecule has 1 amide bonds. The number of carbonyl (C=O) groups is 1. The van der Waals surface area contributed by atoms with Crippen LogP contribution >= 0.6 is 0 Å². The number of aliphatic hydroxyl groups is 1. The van der Waals surface area contributed by atoms with E-state index in [-0.39, 0.29) is 18.2 Å². The van der Waals surface area contributed by atoms with Crippen LogP contribution in [0.5, 0.6) is 0 Å². The summed E-state index contributed by atoms with van der Waals surface area (Å²) in [4.78, 5) is 10.6. The molecule has 2 rings (SSSR count). The normalized spacial score (nSPS) is 24.0. The molecule has 1 saturated heterocycles. The first-order valence-corrected chi connectivity index (χ1v) is 7.57. The maximum atomic E-state index is 11.8. The van der Waals surface area contributed by atoms with Crippen molar-refractivity contribution in [2.75, 3.05) is 20.2 Å². The fourth-order valence-corrected chi connectivity index (χ4v) is 2.03. The van der Waals surface area contributed by atoms with Crippen LogP contribution in [0.1, 0.15) is 0 Å². The van der Waals surface area contributed by atoms with Gasteiger partial charge in [0.25, 0.3) is 5.91 Å². The molecule has 0 unspecified atom stereocenters. The summed E-state index contributed by atoms with van der Waals surface area (Å²) in [6.07, 6.45) is 2.59. The summed E-state index contributed by atoms with van der Waals surface area (Å²) in [5, 5.41) is 13.9. The van der Waals surface area contributed by atoms with Crippen molar-refractivity contribution in [3.05, 3.63) is 24.1 Å². The van der Waals surface area contributed by atoms with Crippen LogP contribution in [0.4, 0.5) is 13.2 Å². The molecule has 132 valence electrons. The van der Waals surface area contributed by atoms with Gasteiger partial charge in [-0.15, -0.1) is 0 Å². The first-order chi connectivity index (χ1) is 10.6. The zero-order valence-electron chi connectivity index (χ0n) is 11.8. The van der Waals surface area contributed by atoms with Crippen molar-refractivity contribution in [3.63, 3.8) is 0 Å². The number of β-amino-alcohol motifs (C(OH)–C–C–N with tert-alkyl or cyclic N) is 1. The van der Waals surface area contributed by atoms with Gasteiger partial charge in [0.2, 0.25) is 0 Å². The number of ether oxygens (including phenoxy) is 1. The summed E-state index contributed by atoms with van der Waals surface area (Å²) in [5.74, 6) is -0.533. The van der Waals surface area contributed by atoms with Crippen molar-refractivity contribution >= 4 is 16.0 Å². The molecule has 2 aliphatic heterocycles. The van der Waals surface area contributed by atoms with Crippen LogP contribution in [0.2, 0.25) is 0 Å². The summed E-state index contributed by atoms with van der Waals surface area (Å²) in [7, 11) is -4.14. The van der Waals surface area contributed by atoms with Gasteiger partial charge < -0.3 is 24.7 Å². The first-order valence-electron chi connectivity index (χ1n) is 6.17. The van der Waals surface area contributed by atoms with Gasteiger partial charge in [0, 0.05) is 13.7 Å². The lowest BCUT2D eigenvalue weighted by Crippen LogP contribution is -2.29. The van der Waals surface area contributed by atoms with Crippen molar-refractivity contribution in [2.24, 2.45) is 0 Å². The Morgan fingerprint density at radius 2 is 2.04 bits per heavy atom. The minimum absolute atomic E-state index is 0.0915. The first kappa shape index (κ1) is 19.3. The minimum atomic E-state index is -5.54. The second-order valence-electron chi connectivity index (χ2n) is 4.32. The number of amides is 1. The molecule has 0 spiro atoms. The van der Waals surface area contributed by atoms with Crippen LogP contribution in [-0.2, 0) is 23.8 Å². The molecular weight excluding hydrogens is 345 g/mol. The van der Waals surface area contributed by atoms with E-state index in [1.54, 1.807) is 0 Å². The highest BCUT2D eigenvalue weighted by molar-refractivity contribution is 7.87. The fourth-order valence-electron chi connectivity index (χ4n) is 1.54. The van der Waals surface area contributed by atoms with Gasteiger partial charge in [0.1, 0.15) is 11.9 Å². The van der Waals surface area contributed by atoms with Gasteiger partial charge >= 0.3 is 15.6 Å². The lowest BCUT2D eigenvalue weighted by atomic mass is 10.2. The van der Waals surface area contributed by atoms with Crippen LogP contribution in [0.25, 0.3) is 0 Å². The number of allylic oxidation sites excluding steroid dienone is 2. The maximum absolute atomic E-state index is 11.8. The smallest absolute Gasteiger partial charge is 0.388 e. The zero-order valence-corrected chi connectivity index (χ0v) is 12.6. The Labute approximate surface area is 130 Å². The van der Waals surface area contributed by atoms with Gasteiger partial charge in [-0.2, -0.15) is 21.6 Å². The number of carbonyl (C=O) groups excluding carboxylic acids is 1. The molecule has 0 saturated carbocycles. The minimum Gasteiger partial charge on any atom is -0.388 e. The van der Waals surface area contributed by atoms with E-state index in [0.29, 0.717) is 6.54 Å². The summed E-state index contributed by atoms with van der Waals surface area (Å²) in [6.45, 7) is 0.211. The number of halogens is 3. The number of alkyl halides is 3. The Kier molecular flexibility index (Phi) is 6.41. The lowest BCUT2D eigenvalue weighted by Gasteiger charge is -2.13. The average Bonchev–Trinajstić information content (AvgIpc) is 2.77. The molecule has 0 aromatic rings. The standard InChI is InChI=1S/C6H6F3NO3S.C5H9NO3/c7-6(8,9)14(11,12)13-5-2-1-3-10-4-5;1-9-4-3(7)2-6-5(4)8/h1-3,10H,4H2;3-4,7H,2H2,1H3,(H,6,8)/t;3-,4-/m.1/s1. The Morgan fingerprint density at radius 3 is 2.39 bits per heavy atom. The quantitative estimate of drug-likeness (QED) is 0.452. The Balaban J connectivity index is 0.000000253. The zero-order chi connectivity index (χ0) is 17.7. The molecular formula is C11H15F3N2O6S. The average molecular weight is 360 g/mol. The fraction of sp³-hybridized carbons (Fsp3) is 0.545. The molecule has 12 heteroatoms. The number of aliphatic hydroxyl groups excluding tert-OH is 1. The van der Waals surface area contributed by atoms with E-state index in [0.717, 1.165) is 6.08 Å². The molecule has 1 fully saturated rings. The molecule has 0 bridgehead atoms. The predicted octanol–water partition coefficient (Wildman–Crippen LogP) is -0.654. The Morgan fingerprint density at radius 1 is 1.39 bits per heavy atom. The third-order valence-electron chi connectivity index (χ3n) is 2.62. The SMILES string of the molecule is CO[C@H]1C(=O)NC[C@H]1O.O=S(=O)(OC1=CC=CNC1)C(F)(F)F. The van der Waals surface area contributed by atoms with E-state index in [1.807, 2.05) is 0 Å². The lowest BCUT2D eigenvalue weighted by molar-refractivity contribution is -0.130. The van der Waals surface area contributed by atoms with E-state index in [2.05, 4.69) is 19.6 Å². The maximum Gasteiger partial charge on any atom is 0.534 e. The summed E-state index contributed by atoms with van der Waals surface area (Å²) < 4.78 is 64.9. The van der Waals surface area contributed by atoms with Gasteiger partial charge in [-0.05, 0) is 18.4 Å². The van der Waals surface area contributed by atoms with E-state index in [4.69, 9.17) is 5.11 Å². The van der Waals surface area contributed by atoms with E-state index in [9.17, 15) is 26.4 Å². The topological polar surface area (TPSA) is 114 Å². The number of rotatable bonds is 3. The van der Waals surface area contributed by atoms with Gasteiger partial charge in [0.05, 0.1) is 6.54 Å². The monoisotopic (exact) mass is 360 g/mol. The number of hydrogen-bond donors (Lipinski definition) is 3. The third kappa shape index (κ3) is 5.41. The molecule has 2 atom stereocenters. The van der Waals surface area contributed by atoms with Crippen LogP contribution < -0.4 is 10.6 Å². The van der Waals surface area contributed by atoms with Crippen molar-refractivity contribution in [2.45, 2.75) is 17.7 Å². The van der Waals surface area contributed by atoms with E-state index < -0.39 is 27.8 Å². The molecule has 2 heterocycles. The van der Waals surface area contributed by atoms with Crippen molar-refractivity contribution in [1.29, 1.82) is 0 Å². The van der Waals surface area contributed by atoms with Crippen LogP contribution in [0.15, 0.2) is 24.1 Å².